The highest BCUT2D eigenvalue weighted by Crippen LogP contribution is 2.20. The second kappa shape index (κ2) is 4.07. The highest BCUT2D eigenvalue weighted by atomic mass is 19.1. The van der Waals surface area contributed by atoms with Crippen molar-refractivity contribution < 1.29 is 9.18 Å². The van der Waals surface area contributed by atoms with Crippen molar-refractivity contribution in [3.8, 4) is 0 Å². The van der Waals surface area contributed by atoms with E-state index < -0.39 is 6.17 Å². The summed E-state index contributed by atoms with van der Waals surface area (Å²) >= 11 is 0. The zero-order chi connectivity index (χ0) is 10.0. The highest BCUT2D eigenvalue weighted by molar-refractivity contribution is 5.78. The minimum Gasteiger partial charge on any atom is -0.340 e. The molecule has 0 radical (unpaired) electrons. The van der Waals surface area contributed by atoms with E-state index >= 15 is 0 Å². The molecular formula is C10H18FNO. The maximum atomic E-state index is 13.3. The SMILES string of the molecule is CC(C)C(=O)N1CC[C@@H](C)[C@@H](F)C1. The Bertz CT molecular complexity index is 193. The minimum absolute atomic E-state index is 0.0133. The third kappa shape index (κ3) is 2.42. The summed E-state index contributed by atoms with van der Waals surface area (Å²) < 4.78 is 13.3. The van der Waals surface area contributed by atoms with Gasteiger partial charge in [-0.2, -0.15) is 0 Å². The second-order valence-corrected chi connectivity index (χ2v) is 4.22. The number of nitrogens with zero attached hydrogens (tertiary/aromatic N) is 1. The first-order valence-corrected chi connectivity index (χ1v) is 4.95. The Balaban J connectivity index is 2.50. The van der Waals surface area contributed by atoms with E-state index in [2.05, 4.69) is 0 Å². The molecule has 76 valence electrons. The molecule has 1 heterocycles. The van der Waals surface area contributed by atoms with Crippen LogP contribution in [-0.4, -0.2) is 30.1 Å². The van der Waals surface area contributed by atoms with E-state index in [0.717, 1.165) is 13.0 Å². The van der Waals surface area contributed by atoms with Crippen LogP contribution in [0.1, 0.15) is 27.2 Å². The first-order valence-electron chi connectivity index (χ1n) is 4.95. The molecule has 2 atom stereocenters. The first-order chi connectivity index (χ1) is 6.02. The molecule has 0 spiro atoms. The lowest BCUT2D eigenvalue weighted by atomic mass is 9.96. The van der Waals surface area contributed by atoms with Gasteiger partial charge in [-0.3, -0.25) is 4.79 Å². The Morgan fingerprint density at radius 3 is 2.62 bits per heavy atom. The molecule has 0 bridgehead atoms. The van der Waals surface area contributed by atoms with Crippen LogP contribution in [0.15, 0.2) is 0 Å². The van der Waals surface area contributed by atoms with Crippen LogP contribution in [0.4, 0.5) is 4.39 Å². The molecule has 0 saturated carbocycles. The van der Waals surface area contributed by atoms with E-state index in [9.17, 15) is 9.18 Å². The van der Waals surface area contributed by atoms with Crippen molar-refractivity contribution in [1.29, 1.82) is 0 Å². The van der Waals surface area contributed by atoms with E-state index in [-0.39, 0.29) is 24.3 Å². The molecule has 0 aromatic carbocycles. The predicted molar refractivity (Wildman–Crippen MR) is 50.1 cm³/mol. The molecule has 1 rings (SSSR count). The van der Waals surface area contributed by atoms with E-state index in [4.69, 9.17) is 0 Å². The molecule has 1 aliphatic rings. The molecular weight excluding hydrogens is 169 g/mol. The number of carbonyl (C=O) groups excluding carboxylic acids is 1. The van der Waals surface area contributed by atoms with E-state index in [1.54, 1.807) is 4.90 Å². The van der Waals surface area contributed by atoms with E-state index in [1.807, 2.05) is 20.8 Å². The average Bonchev–Trinajstić information content (AvgIpc) is 2.08. The molecule has 2 nitrogen and oxygen atoms in total. The van der Waals surface area contributed by atoms with Gasteiger partial charge in [0.1, 0.15) is 6.17 Å². The summed E-state index contributed by atoms with van der Waals surface area (Å²) in [5.41, 5.74) is 0. The van der Waals surface area contributed by atoms with Gasteiger partial charge in [-0.05, 0) is 12.3 Å². The molecule has 0 aromatic heterocycles. The third-order valence-corrected chi connectivity index (χ3v) is 2.67. The maximum Gasteiger partial charge on any atom is 0.225 e. The Hall–Kier alpha value is -0.600. The second-order valence-electron chi connectivity index (χ2n) is 4.22. The van der Waals surface area contributed by atoms with Gasteiger partial charge in [0, 0.05) is 12.5 Å². The van der Waals surface area contributed by atoms with Crippen molar-refractivity contribution in [2.75, 3.05) is 13.1 Å². The molecule has 0 N–H and O–H groups in total. The lowest BCUT2D eigenvalue weighted by Crippen LogP contribution is -2.45. The molecule has 0 unspecified atom stereocenters. The van der Waals surface area contributed by atoms with Crippen LogP contribution < -0.4 is 0 Å². The number of hydrogen-bond acceptors (Lipinski definition) is 1. The fourth-order valence-corrected chi connectivity index (χ4v) is 1.59. The van der Waals surface area contributed by atoms with Crippen LogP contribution in [0.3, 0.4) is 0 Å². The van der Waals surface area contributed by atoms with Crippen LogP contribution in [0.2, 0.25) is 0 Å². The molecule has 1 amide bonds. The standard InChI is InChI=1S/C10H18FNO/c1-7(2)10(13)12-5-4-8(3)9(11)6-12/h7-9H,4-6H2,1-3H3/t8-,9+/m1/s1. The summed E-state index contributed by atoms with van der Waals surface area (Å²) in [6.07, 6.45) is -0.0453. The largest absolute Gasteiger partial charge is 0.340 e. The smallest absolute Gasteiger partial charge is 0.225 e. The summed E-state index contributed by atoms with van der Waals surface area (Å²) in [7, 11) is 0. The number of alkyl halides is 1. The number of likely N-dealkylation sites (tertiary alicyclic amines) is 1. The van der Waals surface area contributed by atoms with E-state index in [1.165, 1.54) is 0 Å². The van der Waals surface area contributed by atoms with Crippen LogP contribution in [0.25, 0.3) is 0 Å². The number of hydrogen-bond donors (Lipinski definition) is 0. The van der Waals surface area contributed by atoms with Crippen molar-refractivity contribution in [1.82, 2.24) is 4.90 Å². The predicted octanol–water partition coefficient (Wildman–Crippen LogP) is 1.85. The lowest BCUT2D eigenvalue weighted by molar-refractivity contribution is -0.137. The topological polar surface area (TPSA) is 20.3 Å². The van der Waals surface area contributed by atoms with Gasteiger partial charge in [-0.15, -0.1) is 0 Å². The number of amides is 1. The molecule has 1 aliphatic heterocycles. The monoisotopic (exact) mass is 187 g/mol. The molecule has 0 aliphatic carbocycles. The number of halogens is 1. The minimum atomic E-state index is -0.837. The highest BCUT2D eigenvalue weighted by Gasteiger charge is 2.29. The van der Waals surface area contributed by atoms with Gasteiger partial charge in [0.25, 0.3) is 0 Å². The molecule has 0 aromatic rings. The van der Waals surface area contributed by atoms with Crippen LogP contribution in [0, 0.1) is 11.8 Å². The molecule has 13 heavy (non-hydrogen) atoms. The van der Waals surface area contributed by atoms with Crippen molar-refractivity contribution in [3.63, 3.8) is 0 Å². The average molecular weight is 187 g/mol. The summed E-state index contributed by atoms with van der Waals surface area (Å²) in [6, 6.07) is 0. The van der Waals surface area contributed by atoms with Crippen molar-refractivity contribution >= 4 is 5.91 Å². The van der Waals surface area contributed by atoms with Gasteiger partial charge in [0.05, 0.1) is 6.54 Å². The summed E-state index contributed by atoms with van der Waals surface area (Å²) in [4.78, 5) is 13.2. The zero-order valence-corrected chi connectivity index (χ0v) is 8.59. The number of rotatable bonds is 1. The van der Waals surface area contributed by atoms with Crippen LogP contribution in [0.5, 0.6) is 0 Å². The lowest BCUT2D eigenvalue weighted by Gasteiger charge is -2.34. The number of carbonyl (C=O) groups is 1. The van der Waals surface area contributed by atoms with Gasteiger partial charge >= 0.3 is 0 Å². The molecule has 1 saturated heterocycles. The summed E-state index contributed by atoms with van der Waals surface area (Å²) in [5.74, 6) is 0.173. The summed E-state index contributed by atoms with van der Waals surface area (Å²) in [6.45, 7) is 6.62. The quantitative estimate of drug-likeness (QED) is 0.613. The Morgan fingerprint density at radius 2 is 2.15 bits per heavy atom. The van der Waals surface area contributed by atoms with Gasteiger partial charge in [0.2, 0.25) is 5.91 Å². The summed E-state index contributed by atoms with van der Waals surface area (Å²) in [5, 5.41) is 0. The zero-order valence-electron chi connectivity index (χ0n) is 8.59. The Morgan fingerprint density at radius 1 is 1.54 bits per heavy atom. The van der Waals surface area contributed by atoms with E-state index in [0.29, 0.717) is 0 Å². The van der Waals surface area contributed by atoms with Crippen LogP contribution >= 0.6 is 0 Å². The Labute approximate surface area is 79.1 Å². The van der Waals surface area contributed by atoms with Crippen LogP contribution in [-0.2, 0) is 4.79 Å². The van der Waals surface area contributed by atoms with Crippen molar-refractivity contribution in [3.05, 3.63) is 0 Å². The van der Waals surface area contributed by atoms with Crippen molar-refractivity contribution in [2.45, 2.75) is 33.4 Å². The van der Waals surface area contributed by atoms with Gasteiger partial charge in [0.15, 0.2) is 0 Å². The third-order valence-electron chi connectivity index (χ3n) is 2.67. The van der Waals surface area contributed by atoms with Gasteiger partial charge < -0.3 is 4.90 Å². The first kappa shape index (κ1) is 10.5. The Kier molecular flexibility index (Phi) is 3.28. The maximum absolute atomic E-state index is 13.3. The fraction of sp³-hybridized carbons (Fsp3) is 0.900. The normalized spacial score (nSPS) is 29.5. The van der Waals surface area contributed by atoms with Gasteiger partial charge in [-0.25, -0.2) is 4.39 Å². The molecule has 3 heteroatoms. The number of piperidine rings is 1. The molecule has 1 fully saturated rings. The van der Waals surface area contributed by atoms with Gasteiger partial charge in [-0.1, -0.05) is 20.8 Å². The van der Waals surface area contributed by atoms with Crippen molar-refractivity contribution in [2.24, 2.45) is 11.8 Å². The fourth-order valence-electron chi connectivity index (χ4n) is 1.59.